The van der Waals surface area contributed by atoms with Gasteiger partial charge in [-0.15, -0.1) is 0 Å². The Morgan fingerprint density at radius 2 is 1.89 bits per heavy atom. The predicted molar refractivity (Wildman–Crippen MR) is 65.7 cm³/mol. The topological polar surface area (TPSA) is 52.6 Å². The van der Waals surface area contributed by atoms with Crippen molar-refractivity contribution < 1.29 is 19.1 Å². The summed E-state index contributed by atoms with van der Waals surface area (Å²) in [6.45, 7) is 5.12. The van der Waals surface area contributed by atoms with Crippen LogP contribution in [0.4, 0.5) is 0 Å². The number of hydrogen-bond donors (Lipinski definition) is 0. The van der Waals surface area contributed by atoms with Crippen LogP contribution in [0, 0.1) is 17.8 Å². The molecule has 0 aromatic heterocycles. The molecule has 2 saturated carbocycles. The molecule has 3 unspecified atom stereocenters. The Morgan fingerprint density at radius 3 is 2.39 bits per heavy atom. The van der Waals surface area contributed by atoms with Crippen molar-refractivity contribution in [2.75, 3.05) is 6.61 Å². The van der Waals surface area contributed by atoms with Gasteiger partial charge in [0.25, 0.3) is 0 Å². The molecule has 0 radical (unpaired) electrons. The number of rotatable bonds is 3. The number of esters is 2. The van der Waals surface area contributed by atoms with Crippen LogP contribution in [0.15, 0.2) is 0 Å². The zero-order valence-electron chi connectivity index (χ0n) is 11.4. The first-order chi connectivity index (χ1) is 8.35. The lowest BCUT2D eigenvalue weighted by Gasteiger charge is -2.21. The molecule has 2 rings (SSSR count). The molecule has 0 aromatic carbocycles. The van der Waals surface area contributed by atoms with E-state index in [-0.39, 0.29) is 18.5 Å². The van der Waals surface area contributed by atoms with Gasteiger partial charge in [0.15, 0.2) is 6.61 Å². The van der Waals surface area contributed by atoms with Gasteiger partial charge in [-0.2, -0.15) is 0 Å². The summed E-state index contributed by atoms with van der Waals surface area (Å²) in [5.74, 6) is 0.522. The fourth-order valence-electron chi connectivity index (χ4n) is 3.14. The molecular weight excluding hydrogens is 232 g/mol. The molecule has 2 fully saturated rings. The van der Waals surface area contributed by atoms with E-state index in [4.69, 9.17) is 9.47 Å². The normalized spacial score (nSPS) is 30.3. The molecule has 0 spiro atoms. The molecule has 2 aliphatic carbocycles. The molecule has 4 heteroatoms. The van der Waals surface area contributed by atoms with Crippen LogP contribution in [0.3, 0.4) is 0 Å². The van der Waals surface area contributed by atoms with Crippen LogP contribution >= 0.6 is 0 Å². The van der Waals surface area contributed by atoms with Crippen LogP contribution in [0.1, 0.15) is 46.5 Å². The van der Waals surface area contributed by atoms with Gasteiger partial charge in [0, 0.05) is 0 Å². The first kappa shape index (κ1) is 13.4. The molecule has 0 heterocycles. The molecular formula is C14H22O4. The lowest BCUT2D eigenvalue weighted by Crippen LogP contribution is -2.30. The van der Waals surface area contributed by atoms with Crippen molar-refractivity contribution in [3.05, 3.63) is 0 Å². The average molecular weight is 254 g/mol. The first-order valence-corrected chi connectivity index (χ1v) is 6.73. The summed E-state index contributed by atoms with van der Waals surface area (Å²) in [6, 6.07) is 0. The van der Waals surface area contributed by atoms with Crippen LogP contribution in [0.5, 0.6) is 0 Å². The van der Waals surface area contributed by atoms with Crippen molar-refractivity contribution in [1.82, 2.24) is 0 Å². The Hall–Kier alpha value is -1.06. The van der Waals surface area contributed by atoms with Crippen molar-refractivity contribution in [2.45, 2.75) is 52.1 Å². The van der Waals surface area contributed by atoms with E-state index >= 15 is 0 Å². The highest BCUT2D eigenvalue weighted by molar-refractivity contribution is 5.78. The van der Waals surface area contributed by atoms with Crippen LogP contribution in [-0.4, -0.2) is 24.1 Å². The maximum atomic E-state index is 11.9. The highest BCUT2D eigenvalue weighted by atomic mass is 16.6. The highest BCUT2D eigenvalue weighted by Crippen LogP contribution is 2.48. The van der Waals surface area contributed by atoms with Crippen LogP contribution in [0.25, 0.3) is 0 Å². The third-order valence-electron chi connectivity index (χ3n) is 3.79. The van der Waals surface area contributed by atoms with Gasteiger partial charge in [-0.3, -0.25) is 4.79 Å². The minimum atomic E-state index is -0.532. The zero-order valence-corrected chi connectivity index (χ0v) is 11.4. The molecule has 18 heavy (non-hydrogen) atoms. The van der Waals surface area contributed by atoms with E-state index in [1.165, 1.54) is 6.42 Å². The quantitative estimate of drug-likeness (QED) is 0.725. The minimum Gasteiger partial charge on any atom is -0.457 e. The molecule has 0 N–H and O–H groups in total. The number of carbonyl (C=O) groups excluding carboxylic acids is 2. The average Bonchev–Trinajstić information content (AvgIpc) is 2.84. The van der Waals surface area contributed by atoms with Gasteiger partial charge in [0.2, 0.25) is 0 Å². The summed E-state index contributed by atoms with van der Waals surface area (Å²) in [5, 5.41) is 0. The Labute approximate surface area is 108 Å². The number of ether oxygens (including phenoxy) is 2. The first-order valence-electron chi connectivity index (χ1n) is 6.73. The second kappa shape index (κ2) is 4.90. The molecule has 0 amide bonds. The van der Waals surface area contributed by atoms with Crippen molar-refractivity contribution in [3.8, 4) is 0 Å². The molecule has 102 valence electrons. The second-order valence-corrected chi connectivity index (χ2v) is 6.48. The Balaban J connectivity index is 1.74. The van der Waals surface area contributed by atoms with Crippen molar-refractivity contribution >= 4 is 11.9 Å². The smallest absolute Gasteiger partial charge is 0.344 e. The van der Waals surface area contributed by atoms with E-state index in [9.17, 15) is 9.59 Å². The van der Waals surface area contributed by atoms with Gasteiger partial charge in [-0.25, -0.2) is 4.79 Å². The Morgan fingerprint density at radius 1 is 1.17 bits per heavy atom. The molecule has 3 atom stereocenters. The van der Waals surface area contributed by atoms with E-state index in [2.05, 4.69) is 0 Å². The van der Waals surface area contributed by atoms with E-state index in [0.717, 1.165) is 19.3 Å². The van der Waals surface area contributed by atoms with Gasteiger partial charge < -0.3 is 9.47 Å². The van der Waals surface area contributed by atoms with E-state index in [0.29, 0.717) is 11.8 Å². The summed E-state index contributed by atoms with van der Waals surface area (Å²) < 4.78 is 10.2. The van der Waals surface area contributed by atoms with Gasteiger partial charge in [-0.05, 0) is 51.9 Å². The third kappa shape index (κ3) is 3.24. The highest BCUT2D eigenvalue weighted by Gasteiger charge is 2.44. The summed E-state index contributed by atoms with van der Waals surface area (Å²) >= 11 is 0. The monoisotopic (exact) mass is 254 g/mol. The van der Waals surface area contributed by atoms with E-state index in [1.807, 2.05) is 0 Å². The minimum absolute atomic E-state index is 0.0196. The predicted octanol–water partition coefficient (Wildman–Crippen LogP) is 2.31. The second-order valence-electron chi connectivity index (χ2n) is 6.48. The molecule has 0 saturated heterocycles. The van der Waals surface area contributed by atoms with Crippen molar-refractivity contribution in [1.29, 1.82) is 0 Å². The maximum absolute atomic E-state index is 11.9. The van der Waals surface area contributed by atoms with Crippen LogP contribution in [-0.2, 0) is 19.1 Å². The summed E-state index contributed by atoms with van der Waals surface area (Å²) in [7, 11) is 0. The maximum Gasteiger partial charge on any atom is 0.344 e. The standard InChI is InChI=1S/C14H22O4/c1-14(2,3)18-12(15)8-17-13(16)11-7-9-4-5-10(11)6-9/h9-11H,4-8H2,1-3H3. The van der Waals surface area contributed by atoms with Crippen molar-refractivity contribution in [3.63, 3.8) is 0 Å². The largest absolute Gasteiger partial charge is 0.457 e. The number of hydrogen-bond acceptors (Lipinski definition) is 4. The molecule has 0 aliphatic heterocycles. The molecule has 2 bridgehead atoms. The van der Waals surface area contributed by atoms with E-state index in [1.54, 1.807) is 20.8 Å². The SMILES string of the molecule is CC(C)(C)OC(=O)COC(=O)C1CC2CCC1C2. The van der Waals surface area contributed by atoms with Crippen LogP contribution in [0.2, 0.25) is 0 Å². The Kier molecular flexibility index (Phi) is 3.64. The number of carbonyl (C=O) groups is 2. The summed E-state index contributed by atoms with van der Waals surface area (Å²) in [6.07, 6.45) is 4.49. The Bertz CT molecular complexity index is 342. The van der Waals surface area contributed by atoms with Crippen molar-refractivity contribution in [2.24, 2.45) is 17.8 Å². The van der Waals surface area contributed by atoms with Gasteiger partial charge >= 0.3 is 11.9 Å². The lowest BCUT2D eigenvalue weighted by molar-refractivity contribution is -0.169. The molecule has 4 nitrogen and oxygen atoms in total. The fourth-order valence-corrected chi connectivity index (χ4v) is 3.14. The van der Waals surface area contributed by atoms with E-state index < -0.39 is 11.6 Å². The van der Waals surface area contributed by atoms with Crippen LogP contribution < -0.4 is 0 Å². The zero-order chi connectivity index (χ0) is 13.3. The lowest BCUT2D eigenvalue weighted by atomic mass is 9.89. The van der Waals surface area contributed by atoms with Gasteiger partial charge in [-0.1, -0.05) is 6.42 Å². The summed E-state index contributed by atoms with van der Waals surface area (Å²) in [4.78, 5) is 23.3. The fraction of sp³-hybridized carbons (Fsp3) is 0.857. The molecule has 2 aliphatic rings. The van der Waals surface area contributed by atoms with Gasteiger partial charge in [0.05, 0.1) is 5.92 Å². The third-order valence-corrected chi connectivity index (χ3v) is 3.79. The van der Waals surface area contributed by atoms with Gasteiger partial charge in [0.1, 0.15) is 5.60 Å². The molecule has 0 aromatic rings. The summed E-state index contributed by atoms with van der Waals surface area (Å²) in [5.41, 5.74) is -0.532. The number of fused-ring (bicyclic) bond motifs is 2.